The predicted octanol–water partition coefficient (Wildman–Crippen LogP) is 4.75. The Hall–Kier alpha value is -2.82. The number of ether oxygens (including phenoxy) is 1. The van der Waals surface area contributed by atoms with Crippen molar-refractivity contribution in [1.29, 1.82) is 0 Å². The second kappa shape index (κ2) is 8.71. The minimum Gasteiger partial charge on any atom is -0.469 e. The number of nitrogens with one attached hydrogen (secondary N) is 1. The molecule has 0 aliphatic carbocycles. The second-order valence-corrected chi connectivity index (χ2v) is 6.72. The van der Waals surface area contributed by atoms with Crippen LogP contribution < -0.4 is 5.32 Å². The first-order valence-corrected chi connectivity index (χ1v) is 9.37. The van der Waals surface area contributed by atoms with Gasteiger partial charge in [0, 0.05) is 29.3 Å². The number of rotatable bonds is 8. The van der Waals surface area contributed by atoms with E-state index in [1.807, 2.05) is 37.3 Å². The first-order valence-electron chi connectivity index (χ1n) is 9.37. The maximum Gasteiger partial charge on any atom is 0.305 e. The van der Waals surface area contributed by atoms with Gasteiger partial charge in [-0.05, 0) is 25.2 Å². The van der Waals surface area contributed by atoms with Crippen LogP contribution in [-0.2, 0) is 9.53 Å². The van der Waals surface area contributed by atoms with Gasteiger partial charge in [0.15, 0.2) is 5.76 Å². The van der Waals surface area contributed by atoms with Crippen LogP contribution in [0.5, 0.6) is 0 Å². The Kier molecular flexibility index (Phi) is 6.12. The van der Waals surface area contributed by atoms with Crippen molar-refractivity contribution in [3.05, 3.63) is 47.7 Å². The van der Waals surface area contributed by atoms with Crippen molar-refractivity contribution in [1.82, 2.24) is 5.32 Å². The summed E-state index contributed by atoms with van der Waals surface area (Å²) in [5, 5.41) is 6.02. The zero-order valence-corrected chi connectivity index (χ0v) is 15.8. The summed E-state index contributed by atoms with van der Waals surface area (Å²) in [6.45, 7) is 2.51. The molecule has 1 N–H and O–H groups in total. The molecule has 1 aromatic heterocycles. The van der Waals surface area contributed by atoms with Gasteiger partial charge < -0.3 is 14.5 Å². The number of carbonyl (C=O) groups is 2. The van der Waals surface area contributed by atoms with Crippen LogP contribution in [0.3, 0.4) is 0 Å². The van der Waals surface area contributed by atoms with Gasteiger partial charge in [0.1, 0.15) is 5.58 Å². The summed E-state index contributed by atoms with van der Waals surface area (Å²) in [6, 6.07) is 12.1. The van der Waals surface area contributed by atoms with E-state index in [1.165, 1.54) is 7.11 Å². The Morgan fingerprint density at radius 3 is 2.59 bits per heavy atom. The van der Waals surface area contributed by atoms with Gasteiger partial charge in [-0.25, -0.2) is 0 Å². The number of methoxy groups -OCH3 is 1. The summed E-state index contributed by atoms with van der Waals surface area (Å²) in [7, 11) is 1.40. The van der Waals surface area contributed by atoms with E-state index in [0.717, 1.165) is 53.0 Å². The van der Waals surface area contributed by atoms with E-state index in [1.54, 1.807) is 0 Å². The average molecular weight is 367 g/mol. The number of carbonyl (C=O) groups excluding carboxylic acids is 2. The molecule has 0 saturated carbocycles. The largest absolute Gasteiger partial charge is 0.469 e. The molecule has 1 heterocycles. The molecule has 5 nitrogen and oxygen atoms in total. The fourth-order valence-corrected chi connectivity index (χ4v) is 3.30. The van der Waals surface area contributed by atoms with Gasteiger partial charge in [-0.1, -0.05) is 49.2 Å². The first-order chi connectivity index (χ1) is 13.1. The summed E-state index contributed by atoms with van der Waals surface area (Å²) < 4.78 is 10.6. The molecule has 0 radical (unpaired) electrons. The molecular formula is C22H25NO4. The molecule has 0 fully saturated rings. The number of furan rings is 1. The van der Waals surface area contributed by atoms with E-state index >= 15 is 0 Å². The number of fused-ring (bicyclic) bond motifs is 3. The SMILES string of the molecule is COC(=O)CCCCCCNC(=O)c1oc2c(ccc3ccccc32)c1C. The maximum atomic E-state index is 12.5. The highest BCUT2D eigenvalue weighted by Crippen LogP contribution is 2.31. The first kappa shape index (κ1) is 19.0. The number of hydrogen-bond donors (Lipinski definition) is 1. The van der Waals surface area contributed by atoms with Crippen molar-refractivity contribution in [3.8, 4) is 0 Å². The van der Waals surface area contributed by atoms with Crippen LogP contribution >= 0.6 is 0 Å². The summed E-state index contributed by atoms with van der Waals surface area (Å²) in [4.78, 5) is 23.6. The topological polar surface area (TPSA) is 68.5 Å². The molecule has 27 heavy (non-hydrogen) atoms. The van der Waals surface area contributed by atoms with Crippen molar-refractivity contribution >= 4 is 33.6 Å². The zero-order chi connectivity index (χ0) is 19.2. The number of amides is 1. The lowest BCUT2D eigenvalue weighted by Crippen LogP contribution is -2.24. The third kappa shape index (κ3) is 4.30. The van der Waals surface area contributed by atoms with Gasteiger partial charge in [0.05, 0.1) is 7.11 Å². The van der Waals surface area contributed by atoms with Crippen LogP contribution in [0.15, 0.2) is 40.8 Å². The normalized spacial score (nSPS) is 11.0. The van der Waals surface area contributed by atoms with Crippen molar-refractivity contribution in [2.75, 3.05) is 13.7 Å². The van der Waals surface area contributed by atoms with E-state index in [2.05, 4.69) is 16.1 Å². The zero-order valence-electron chi connectivity index (χ0n) is 15.8. The van der Waals surface area contributed by atoms with Crippen LogP contribution in [0.1, 0.15) is 48.2 Å². The minimum absolute atomic E-state index is 0.170. The van der Waals surface area contributed by atoms with E-state index < -0.39 is 0 Å². The summed E-state index contributed by atoms with van der Waals surface area (Å²) in [5.74, 6) is 0.0329. The van der Waals surface area contributed by atoms with Crippen molar-refractivity contribution in [2.24, 2.45) is 0 Å². The van der Waals surface area contributed by atoms with Gasteiger partial charge in [-0.3, -0.25) is 9.59 Å². The molecule has 0 bridgehead atoms. The number of hydrogen-bond acceptors (Lipinski definition) is 4. The maximum absolute atomic E-state index is 12.5. The molecule has 5 heteroatoms. The molecule has 3 rings (SSSR count). The molecule has 0 atom stereocenters. The van der Waals surface area contributed by atoms with Gasteiger partial charge >= 0.3 is 5.97 Å². The van der Waals surface area contributed by atoms with E-state index in [4.69, 9.17) is 4.42 Å². The lowest BCUT2D eigenvalue weighted by molar-refractivity contribution is -0.140. The Bertz CT molecular complexity index is 958. The number of esters is 1. The predicted molar refractivity (Wildman–Crippen MR) is 106 cm³/mol. The van der Waals surface area contributed by atoms with E-state index in [9.17, 15) is 9.59 Å². The van der Waals surface area contributed by atoms with Gasteiger partial charge in [-0.15, -0.1) is 0 Å². The molecule has 0 aliphatic rings. The van der Waals surface area contributed by atoms with Gasteiger partial charge in [0.2, 0.25) is 0 Å². The Morgan fingerprint density at radius 2 is 1.78 bits per heavy atom. The lowest BCUT2D eigenvalue weighted by Gasteiger charge is -2.04. The van der Waals surface area contributed by atoms with Crippen LogP contribution in [0, 0.1) is 6.92 Å². The molecule has 0 unspecified atom stereocenters. The van der Waals surface area contributed by atoms with Crippen molar-refractivity contribution in [2.45, 2.75) is 39.0 Å². The van der Waals surface area contributed by atoms with Crippen LogP contribution in [-0.4, -0.2) is 25.5 Å². The highest BCUT2D eigenvalue weighted by Gasteiger charge is 2.18. The standard InChI is InChI=1S/C22H25NO4/c1-15-17-13-12-16-9-6-7-10-18(16)21(17)27-20(15)22(25)23-14-8-4-3-5-11-19(24)26-2/h6-7,9-10,12-13H,3-5,8,11,14H2,1-2H3,(H,23,25). The second-order valence-electron chi connectivity index (χ2n) is 6.72. The smallest absolute Gasteiger partial charge is 0.305 e. The fourth-order valence-electron chi connectivity index (χ4n) is 3.30. The highest BCUT2D eigenvalue weighted by atomic mass is 16.5. The number of aryl methyl sites for hydroxylation is 1. The quantitative estimate of drug-likeness (QED) is 0.461. The van der Waals surface area contributed by atoms with Crippen LogP contribution in [0.4, 0.5) is 0 Å². The molecule has 1 amide bonds. The lowest BCUT2D eigenvalue weighted by atomic mass is 10.1. The number of unbranched alkanes of at least 4 members (excludes halogenated alkanes) is 3. The van der Waals surface area contributed by atoms with Gasteiger partial charge in [0.25, 0.3) is 5.91 Å². The van der Waals surface area contributed by atoms with Crippen LogP contribution in [0.2, 0.25) is 0 Å². The number of benzene rings is 2. The van der Waals surface area contributed by atoms with Crippen molar-refractivity contribution in [3.63, 3.8) is 0 Å². The average Bonchev–Trinajstić information content (AvgIpc) is 3.04. The molecule has 142 valence electrons. The molecular weight excluding hydrogens is 342 g/mol. The molecule has 0 saturated heterocycles. The molecule has 0 spiro atoms. The fraction of sp³-hybridized carbons (Fsp3) is 0.364. The third-order valence-electron chi connectivity index (χ3n) is 4.86. The highest BCUT2D eigenvalue weighted by molar-refractivity contribution is 6.08. The van der Waals surface area contributed by atoms with Crippen LogP contribution in [0.25, 0.3) is 21.7 Å². The Labute approximate surface area is 158 Å². The van der Waals surface area contributed by atoms with Gasteiger partial charge in [-0.2, -0.15) is 0 Å². The molecule has 3 aromatic rings. The Balaban J connectivity index is 1.57. The summed E-state index contributed by atoms with van der Waals surface area (Å²) in [5.41, 5.74) is 1.63. The van der Waals surface area contributed by atoms with E-state index in [-0.39, 0.29) is 11.9 Å². The van der Waals surface area contributed by atoms with Crippen molar-refractivity contribution < 1.29 is 18.7 Å². The van der Waals surface area contributed by atoms with E-state index in [0.29, 0.717) is 18.7 Å². The monoisotopic (exact) mass is 367 g/mol. The summed E-state index contributed by atoms with van der Waals surface area (Å²) in [6.07, 6.45) is 4.04. The molecule has 0 aliphatic heterocycles. The third-order valence-corrected chi connectivity index (χ3v) is 4.86. The molecule has 2 aromatic carbocycles. The Morgan fingerprint density at radius 1 is 1.00 bits per heavy atom. The minimum atomic E-state index is -0.178. The summed E-state index contributed by atoms with van der Waals surface area (Å²) >= 11 is 0.